The Morgan fingerprint density at radius 2 is 2.18 bits per heavy atom. The van der Waals surface area contributed by atoms with Crippen molar-refractivity contribution in [2.45, 2.75) is 0 Å². The summed E-state index contributed by atoms with van der Waals surface area (Å²) in [7, 11) is 0. The number of amides is 1. The number of carboxylic acid groups (broad SMARTS) is 2. The van der Waals surface area contributed by atoms with E-state index in [4.69, 9.17) is 10.2 Å². The van der Waals surface area contributed by atoms with Crippen LogP contribution in [0, 0.1) is 0 Å². The fraction of sp³-hybridized carbons (Fsp3) is 0.250. The molecule has 0 bridgehead atoms. The molecular formula is C4H4N2O4S. The van der Waals surface area contributed by atoms with Crippen LogP contribution in [0.25, 0.3) is 0 Å². The van der Waals surface area contributed by atoms with Gasteiger partial charge in [-0.3, -0.25) is 0 Å². The van der Waals surface area contributed by atoms with Gasteiger partial charge in [-0.25, -0.2) is 9.59 Å². The van der Waals surface area contributed by atoms with Crippen LogP contribution in [-0.4, -0.2) is 38.2 Å². The van der Waals surface area contributed by atoms with Crippen LogP contribution in [-0.2, 0) is 4.79 Å². The summed E-state index contributed by atoms with van der Waals surface area (Å²) in [4.78, 5) is 20.4. The predicted molar refractivity (Wildman–Crippen MR) is 37.4 cm³/mol. The maximum Gasteiger partial charge on any atom is 0.428 e. The molecule has 1 heterocycles. The van der Waals surface area contributed by atoms with Crippen molar-refractivity contribution in [2.75, 3.05) is 5.88 Å². The van der Waals surface area contributed by atoms with E-state index in [1.165, 1.54) is 0 Å². The van der Waals surface area contributed by atoms with Crippen molar-refractivity contribution in [2.24, 2.45) is 5.10 Å². The fourth-order valence-electron chi connectivity index (χ4n) is 0.492. The molecule has 0 unspecified atom stereocenters. The molecule has 2 N–H and O–H groups in total. The smallest absolute Gasteiger partial charge is 0.428 e. The van der Waals surface area contributed by atoms with E-state index in [9.17, 15) is 9.59 Å². The van der Waals surface area contributed by atoms with Crippen molar-refractivity contribution in [3.05, 3.63) is 0 Å². The van der Waals surface area contributed by atoms with E-state index in [1.807, 2.05) is 0 Å². The first kappa shape index (κ1) is 7.86. The predicted octanol–water partition coefficient (Wildman–Crippen LogP) is 0.0688. The Kier molecular flexibility index (Phi) is 1.99. The largest absolute Gasteiger partial charge is 0.476 e. The molecule has 0 aromatic heterocycles. The third kappa shape index (κ3) is 1.61. The molecule has 1 amide bonds. The number of hydrazone groups is 1. The SMILES string of the molecule is O=C(O)C1=NN(C(=O)O)CS1. The first-order chi connectivity index (χ1) is 5.11. The summed E-state index contributed by atoms with van der Waals surface area (Å²) >= 11 is 0.882. The molecule has 0 aliphatic carbocycles. The molecule has 6 nitrogen and oxygen atoms in total. The number of nitrogens with zero attached hydrogens (tertiary/aromatic N) is 2. The minimum Gasteiger partial charge on any atom is -0.476 e. The van der Waals surface area contributed by atoms with Crippen LogP contribution >= 0.6 is 11.8 Å². The number of thioether (sulfide) groups is 1. The van der Waals surface area contributed by atoms with Gasteiger partial charge < -0.3 is 10.2 Å². The zero-order chi connectivity index (χ0) is 8.43. The van der Waals surface area contributed by atoms with Gasteiger partial charge in [-0.2, -0.15) is 10.1 Å². The zero-order valence-electron chi connectivity index (χ0n) is 5.22. The van der Waals surface area contributed by atoms with Gasteiger partial charge in [0.1, 0.15) is 0 Å². The van der Waals surface area contributed by atoms with Crippen molar-refractivity contribution in [1.29, 1.82) is 0 Å². The molecule has 7 heteroatoms. The Hall–Kier alpha value is -1.24. The topological polar surface area (TPSA) is 90.2 Å². The molecule has 0 spiro atoms. The first-order valence-corrected chi connectivity index (χ1v) is 3.55. The van der Waals surface area contributed by atoms with Crippen LogP contribution in [0.15, 0.2) is 5.10 Å². The highest BCUT2D eigenvalue weighted by atomic mass is 32.2. The molecule has 0 aromatic rings. The molecule has 1 aliphatic rings. The second kappa shape index (κ2) is 2.79. The Bertz CT molecular complexity index is 238. The molecular weight excluding hydrogens is 172 g/mol. The summed E-state index contributed by atoms with van der Waals surface area (Å²) < 4.78 is 0. The van der Waals surface area contributed by atoms with Crippen LogP contribution in [0.2, 0.25) is 0 Å². The van der Waals surface area contributed by atoms with E-state index in [2.05, 4.69) is 5.10 Å². The van der Waals surface area contributed by atoms with Gasteiger partial charge in [-0.15, -0.1) is 0 Å². The molecule has 60 valence electrons. The van der Waals surface area contributed by atoms with Crippen LogP contribution in [0.4, 0.5) is 4.79 Å². The molecule has 0 fully saturated rings. The Morgan fingerprint density at radius 3 is 2.45 bits per heavy atom. The standard InChI is InChI=1S/C4H4N2O4S/c7-3(8)2-5-6(1-11-2)4(9)10/h1H2,(H,7,8)(H,9,10). The summed E-state index contributed by atoms with van der Waals surface area (Å²) in [5.41, 5.74) is 0. The van der Waals surface area contributed by atoms with Crippen LogP contribution in [0.3, 0.4) is 0 Å². The lowest BCUT2D eigenvalue weighted by Crippen LogP contribution is -2.19. The second-order valence-electron chi connectivity index (χ2n) is 1.67. The minimum atomic E-state index is -1.24. The highest BCUT2D eigenvalue weighted by molar-refractivity contribution is 8.15. The third-order valence-electron chi connectivity index (χ3n) is 0.939. The average molecular weight is 176 g/mol. The summed E-state index contributed by atoms with van der Waals surface area (Å²) in [6.45, 7) is 0. The number of aliphatic carboxylic acids is 1. The van der Waals surface area contributed by atoms with E-state index >= 15 is 0 Å². The Balaban J connectivity index is 2.68. The summed E-state index contributed by atoms with van der Waals surface area (Å²) in [5.74, 6) is -1.14. The Labute approximate surface area is 65.5 Å². The molecule has 0 saturated carbocycles. The van der Waals surface area contributed by atoms with Crippen LogP contribution in [0.5, 0.6) is 0 Å². The normalized spacial score (nSPS) is 16.4. The zero-order valence-corrected chi connectivity index (χ0v) is 6.04. The quantitative estimate of drug-likeness (QED) is 0.590. The minimum absolute atomic E-state index is 0.0525. The lowest BCUT2D eigenvalue weighted by atomic mass is 10.8. The average Bonchev–Trinajstić information content (AvgIpc) is 2.33. The van der Waals surface area contributed by atoms with E-state index in [-0.39, 0.29) is 10.9 Å². The molecule has 0 radical (unpaired) electrons. The van der Waals surface area contributed by atoms with Crippen molar-refractivity contribution in [1.82, 2.24) is 5.01 Å². The van der Waals surface area contributed by atoms with Crippen LogP contribution in [0.1, 0.15) is 0 Å². The summed E-state index contributed by atoms with van der Waals surface area (Å²) in [6.07, 6.45) is -1.24. The van der Waals surface area contributed by atoms with E-state index in [0.717, 1.165) is 11.8 Å². The Morgan fingerprint density at radius 1 is 1.55 bits per heavy atom. The maximum absolute atomic E-state index is 10.2. The number of rotatable bonds is 1. The lowest BCUT2D eigenvalue weighted by Gasteiger charge is -2.01. The van der Waals surface area contributed by atoms with E-state index < -0.39 is 12.1 Å². The highest BCUT2D eigenvalue weighted by Crippen LogP contribution is 2.16. The van der Waals surface area contributed by atoms with Gasteiger partial charge in [0, 0.05) is 0 Å². The van der Waals surface area contributed by atoms with Gasteiger partial charge in [-0.05, 0) is 0 Å². The molecule has 11 heavy (non-hydrogen) atoms. The lowest BCUT2D eigenvalue weighted by molar-refractivity contribution is -0.129. The van der Waals surface area contributed by atoms with Crippen molar-refractivity contribution in [3.63, 3.8) is 0 Å². The second-order valence-corrected chi connectivity index (χ2v) is 2.60. The van der Waals surface area contributed by atoms with Gasteiger partial charge in [0.05, 0.1) is 5.88 Å². The highest BCUT2D eigenvalue weighted by Gasteiger charge is 2.24. The van der Waals surface area contributed by atoms with Crippen molar-refractivity contribution in [3.8, 4) is 0 Å². The molecule has 1 aliphatic heterocycles. The fourth-order valence-corrected chi connectivity index (χ4v) is 1.18. The number of hydrogen-bond acceptors (Lipinski definition) is 4. The van der Waals surface area contributed by atoms with Gasteiger partial charge >= 0.3 is 12.1 Å². The number of hydrogen-bond donors (Lipinski definition) is 2. The van der Waals surface area contributed by atoms with E-state index in [0.29, 0.717) is 5.01 Å². The van der Waals surface area contributed by atoms with Gasteiger partial charge in [0.2, 0.25) is 5.04 Å². The van der Waals surface area contributed by atoms with Gasteiger partial charge in [-0.1, -0.05) is 11.8 Å². The third-order valence-corrected chi connectivity index (χ3v) is 1.84. The first-order valence-electron chi connectivity index (χ1n) is 2.56. The molecule has 0 atom stereocenters. The summed E-state index contributed by atoms with van der Waals surface area (Å²) in [6, 6.07) is 0. The number of carboxylic acids is 1. The molecule has 1 rings (SSSR count). The van der Waals surface area contributed by atoms with Crippen LogP contribution < -0.4 is 0 Å². The maximum atomic E-state index is 10.2. The summed E-state index contributed by atoms with van der Waals surface area (Å²) in [5, 5.41) is 20.5. The van der Waals surface area contributed by atoms with Gasteiger partial charge in [0.25, 0.3) is 0 Å². The monoisotopic (exact) mass is 176 g/mol. The molecule has 0 saturated heterocycles. The number of carbonyl (C=O) groups is 2. The van der Waals surface area contributed by atoms with Crippen molar-refractivity contribution < 1.29 is 19.8 Å². The van der Waals surface area contributed by atoms with E-state index in [1.54, 1.807) is 0 Å². The van der Waals surface area contributed by atoms with Gasteiger partial charge in [0.15, 0.2) is 0 Å². The van der Waals surface area contributed by atoms with Crippen molar-refractivity contribution >= 4 is 28.9 Å². The molecule has 0 aromatic carbocycles.